The van der Waals surface area contributed by atoms with Crippen molar-refractivity contribution in [3.8, 4) is 11.5 Å². The number of para-hydroxylation sites is 1. The van der Waals surface area contributed by atoms with E-state index in [-0.39, 0.29) is 0 Å². The predicted octanol–water partition coefficient (Wildman–Crippen LogP) is 2.49. The van der Waals surface area contributed by atoms with Gasteiger partial charge in [-0.1, -0.05) is 12.1 Å². The summed E-state index contributed by atoms with van der Waals surface area (Å²) in [6, 6.07) is 6.18. The SMILES string of the molecule is c1cc(CN2CCC(OCCN3CCCC3)CC2)c2c(c1)OCO2. The zero-order chi connectivity index (χ0) is 16.2. The predicted molar refractivity (Wildman–Crippen MR) is 92.5 cm³/mol. The summed E-state index contributed by atoms with van der Waals surface area (Å²) in [5.41, 5.74) is 1.23. The van der Waals surface area contributed by atoms with Gasteiger partial charge < -0.3 is 19.1 Å². The summed E-state index contributed by atoms with van der Waals surface area (Å²) in [4.78, 5) is 5.02. The lowest BCUT2D eigenvalue weighted by Gasteiger charge is -2.32. The van der Waals surface area contributed by atoms with Crippen LogP contribution in [0.1, 0.15) is 31.2 Å². The number of hydrogen-bond donors (Lipinski definition) is 0. The molecule has 3 heterocycles. The van der Waals surface area contributed by atoms with Gasteiger partial charge in [0.15, 0.2) is 11.5 Å². The van der Waals surface area contributed by atoms with Crippen molar-refractivity contribution in [3.63, 3.8) is 0 Å². The maximum Gasteiger partial charge on any atom is 0.231 e. The average Bonchev–Trinajstić information content (AvgIpc) is 3.28. The smallest absolute Gasteiger partial charge is 0.231 e. The largest absolute Gasteiger partial charge is 0.454 e. The van der Waals surface area contributed by atoms with Gasteiger partial charge in [0.1, 0.15) is 0 Å². The van der Waals surface area contributed by atoms with E-state index >= 15 is 0 Å². The molecule has 0 atom stereocenters. The first kappa shape index (κ1) is 16.2. The highest BCUT2D eigenvalue weighted by Crippen LogP contribution is 2.36. The zero-order valence-electron chi connectivity index (χ0n) is 14.4. The van der Waals surface area contributed by atoms with Crippen LogP contribution in [0, 0.1) is 0 Å². The number of piperidine rings is 1. The summed E-state index contributed by atoms with van der Waals surface area (Å²) in [6.45, 7) is 7.99. The first-order valence-corrected chi connectivity index (χ1v) is 9.32. The molecule has 1 aromatic carbocycles. The molecule has 1 aromatic rings. The molecule has 0 aromatic heterocycles. The van der Waals surface area contributed by atoms with Crippen LogP contribution in [0.5, 0.6) is 11.5 Å². The Morgan fingerprint density at radius 1 is 1.00 bits per heavy atom. The molecule has 0 aliphatic carbocycles. The third-order valence-corrected chi connectivity index (χ3v) is 5.37. The van der Waals surface area contributed by atoms with Gasteiger partial charge in [0, 0.05) is 31.7 Å². The number of likely N-dealkylation sites (tertiary alicyclic amines) is 2. The first-order chi connectivity index (χ1) is 11.9. The van der Waals surface area contributed by atoms with E-state index in [1.165, 1.54) is 31.5 Å². The van der Waals surface area contributed by atoms with Crippen LogP contribution in [0.2, 0.25) is 0 Å². The lowest BCUT2D eigenvalue weighted by molar-refractivity contribution is -0.00126. The van der Waals surface area contributed by atoms with E-state index in [0.717, 1.165) is 57.1 Å². The molecule has 5 nitrogen and oxygen atoms in total. The Morgan fingerprint density at radius 2 is 1.83 bits per heavy atom. The van der Waals surface area contributed by atoms with E-state index < -0.39 is 0 Å². The number of hydrogen-bond acceptors (Lipinski definition) is 5. The number of rotatable bonds is 6. The van der Waals surface area contributed by atoms with E-state index in [9.17, 15) is 0 Å². The van der Waals surface area contributed by atoms with Crippen molar-refractivity contribution >= 4 is 0 Å². The fraction of sp³-hybridized carbons (Fsp3) is 0.684. The molecule has 2 fully saturated rings. The Balaban J connectivity index is 1.20. The molecule has 0 radical (unpaired) electrons. The first-order valence-electron chi connectivity index (χ1n) is 9.32. The quantitative estimate of drug-likeness (QED) is 0.799. The molecule has 0 saturated carbocycles. The van der Waals surface area contributed by atoms with Gasteiger partial charge >= 0.3 is 0 Å². The maximum absolute atomic E-state index is 6.10. The van der Waals surface area contributed by atoms with Crippen LogP contribution in [-0.4, -0.2) is 62.0 Å². The molecule has 3 aliphatic rings. The Hall–Kier alpha value is -1.30. The van der Waals surface area contributed by atoms with Crippen molar-refractivity contribution in [2.24, 2.45) is 0 Å². The summed E-state index contributed by atoms with van der Waals surface area (Å²) in [7, 11) is 0. The van der Waals surface area contributed by atoms with Crippen LogP contribution in [0.15, 0.2) is 18.2 Å². The molecule has 0 bridgehead atoms. The molecule has 0 unspecified atom stereocenters. The van der Waals surface area contributed by atoms with Crippen molar-refractivity contribution in [2.75, 3.05) is 46.1 Å². The minimum Gasteiger partial charge on any atom is -0.454 e. The number of fused-ring (bicyclic) bond motifs is 1. The second-order valence-electron chi connectivity index (χ2n) is 7.05. The van der Waals surface area contributed by atoms with E-state index in [1.807, 2.05) is 6.07 Å². The van der Waals surface area contributed by atoms with Crippen molar-refractivity contribution in [3.05, 3.63) is 23.8 Å². The summed E-state index contributed by atoms with van der Waals surface area (Å²) < 4.78 is 17.2. The van der Waals surface area contributed by atoms with Crippen molar-refractivity contribution < 1.29 is 14.2 Å². The molecule has 4 rings (SSSR count). The van der Waals surface area contributed by atoms with Gasteiger partial charge in [-0.15, -0.1) is 0 Å². The van der Waals surface area contributed by atoms with Gasteiger partial charge in [-0.3, -0.25) is 4.90 Å². The summed E-state index contributed by atoms with van der Waals surface area (Å²) >= 11 is 0. The lowest BCUT2D eigenvalue weighted by Crippen LogP contribution is -2.37. The fourth-order valence-electron chi connectivity index (χ4n) is 3.94. The minimum absolute atomic E-state index is 0.347. The molecule has 24 heavy (non-hydrogen) atoms. The molecular weight excluding hydrogens is 304 g/mol. The van der Waals surface area contributed by atoms with Crippen LogP contribution in [-0.2, 0) is 11.3 Å². The van der Waals surface area contributed by atoms with Crippen LogP contribution in [0.4, 0.5) is 0 Å². The zero-order valence-corrected chi connectivity index (χ0v) is 14.4. The third-order valence-electron chi connectivity index (χ3n) is 5.37. The Morgan fingerprint density at radius 3 is 2.67 bits per heavy atom. The van der Waals surface area contributed by atoms with Crippen molar-refractivity contribution in [1.29, 1.82) is 0 Å². The number of nitrogens with zero attached hydrogens (tertiary/aromatic N) is 2. The summed E-state index contributed by atoms with van der Waals surface area (Å²) in [6.07, 6.45) is 5.41. The lowest BCUT2D eigenvalue weighted by atomic mass is 10.1. The molecule has 0 spiro atoms. The minimum atomic E-state index is 0.347. The fourth-order valence-corrected chi connectivity index (χ4v) is 3.94. The van der Waals surface area contributed by atoms with E-state index in [4.69, 9.17) is 14.2 Å². The van der Waals surface area contributed by atoms with E-state index in [0.29, 0.717) is 12.9 Å². The highest BCUT2D eigenvalue weighted by Gasteiger charge is 2.23. The molecular formula is C19H28N2O3. The van der Waals surface area contributed by atoms with Crippen LogP contribution in [0.25, 0.3) is 0 Å². The Labute approximate surface area is 144 Å². The number of ether oxygens (including phenoxy) is 3. The molecule has 2 saturated heterocycles. The molecule has 132 valence electrons. The summed E-state index contributed by atoms with van der Waals surface area (Å²) in [5, 5.41) is 0. The second kappa shape index (κ2) is 7.72. The maximum atomic E-state index is 6.10. The van der Waals surface area contributed by atoms with Gasteiger partial charge in [-0.2, -0.15) is 0 Å². The van der Waals surface area contributed by atoms with Crippen molar-refractivity contribution in [1.82, 2.24) is 9.80 Å². The van der Waals surface area contributed by atoms with Gasteiger partial charge in [0.2, 0.25) is 6.79 Å². The van der Waals surface area contributed by atoms with E-state index in [2.05, 4.69) is 21.9 Å². The highest BCUT2D eigenvalue weighted by atomic mass is 16.7. The average molecular weight is 332 g/mol. The monoisotopic (exact) mass is 332 g/mol. The van der Waals surface area contributed by atoms with Crippen LogP contribution < -0.4 is 9.47 Å². The molecule has 3 aliphatic heterocycles. The molecule has 5 heteroatoms. The standard InChI is InChI=1S/C19H28N2O3/c1-2-9-20(8-1)12-13-22-17-6-10-21(11-7-17)14-16-4-3-5-18-19(16)24-15-23-18/h3-5,17H,1-2,6-15H2. The van der Waals surface area contributed by atoms with Crippen LogP contribution in [0.3, 0.4) is 0 Å². The Kier molecular flexibility index (Phi) is 5.21. The topological polar surface area (TPSA) is 34.2 Å². The molecule has 0 amide bonds. The summed E-state index contributed by atoms with van der Waals surface area (Å²) in [5.74, 6) is 1.81. The van der Waals surface area contributed by atoms with Crippen LogP contribution >= 0.6 is 0 Å². The highest BCUT2D eigenvalue weighted by molar-refractivity contribution is 5.48. The van der Waals surface area contributed by atoms with E-state index in [1.54, 1.807) is 0 Å². The van der Waals surface area contributed by atoms with Crippen molar-refractivity contribution in [2.45, 2.75) is 38.3 Å². The van der Waals surface area contributed by atoms with Gasteiger partial charge in [-0.05, 0) is 44.8 Å². The van der Waals surface area contributed by atoms with Gasteiger partial charge in [-0.25, -0.2) is 0 Å². The molecule has 0 N–H and O–H groups in total. The normalized spacial score (nSPS) is 22.3. The van der Waals surface area contributed by atoms with Gasteiger partial charge in [0.25, 0.3) is 0 Å². The Bertz CT molecular complexity index is 537. The van der Waals surface area contributed by atoms with Gasteiger partial charge in [0.05, 0.1) is 12.7 Å². The third kappa shape index (κ3) is 3.85. The number of benzene rings is 1. The second-order valence-corrected chi connectivity index (χ2v) is 7.05.